The van der Waals surface area contributed by atoms with Gasteiger partial charge < -0.3 is 10.2 Å². The Bertz CT molecular complexity index is 205. The topological polar surface area (TPSA) is 40.5 Å². The molecule has 0 amide bonds. The van der Waals surface area contributed by atoms with Crippen LogP contribution in [0.25, 0.3) is 0 Å². The maximum atomic E-state index is 8.92. The number of aliphatic hydroxyl groups is 2. The molecule has 1 atom stereocenters. The molecule has 0 aromatic heterocycles. The SMILES string of the molecule is C\C=C(CO)/C(=C\C=C\P)CO. The summed E-state index contributed by atoms with van der Waals surface area (Å²) in [4.78, 5) is 0. The highest BCUT2D eigenvalue weighted by Crippen LogP contribution is 2.08. The van der Waals surface area contributed by atoms with Gasteiger partial charge in [0.2, 0.25) is 0 Å². The highest BCUT2D eigenvalue weighted by atomic mass is 31.0. The van der Waals surface area contributed by atoms with Crippen LogP contribution in [0.1, 0.15) is 6.92 Å². The molecule has 2 nitrogen and oxygen atoms in total. The van der Waals surface area contributed by atoms with Gasteiger partial charge in [0.25, 0.3) is 0 Å². The van der Waals surface area contributed by atoms with Gasteiger partial charge in [0.1, 0.15) is 0 Å². The Hall–Kier alpha value is -0.430. The largest absolute Gasteiger partial charge is 0.392 e. The average Bonchev–Trinajstić information content (AvgIpc) is 2.12. The van der Waals surface area contributed by atoms with Crippen molar-refractivity contribution in [1.29, 1.82) is 0 Å². The Morgan fingerprint density at radius 2 is 1.83 bits per heavy atom. The maximum absolute atomic E-state index is 8.92. The van der Waals surface area contributed by atoms with E-state index in [1.807, 2.05) is 6.92 Å². The highest BCUT2D eigenvalue weighted by Gasteiger charge is 1.99. The van der Waals surface area contributed by atoms with Crippen LogP contribution in [0.15, 0.2) is 35.2 Å². The van der Waals surface area contributed by atoms with Crippen molar-refractivity contribution in [2.75, 3.05) is 13.2 Å². The van der Waals surface area contributed by atoms with Crippen LogP contribution in [0.2, 0.25) is 0 Å². The fourth-order valence-corrected chi connectivity index (χ4v) is 0.922. The molecule has 0 aromatic rings. The predicted molar refractivity (Wildman–Crippen MR) is 54.9 cm³/mol. The molecule has 0 aliphatic rings. The van der Waals surface area contributed by atoms with Crippen molar-refractivity contribution < 1.29 is 10.2 Å². The summed E-state index contributed by atoms with van der Waals surface area (Å²) in [6.45, 7) is 1.75. The van der Waals surface area contributed by atoms with Crippen LogP contribution in [0.3, 0.4) is 0 Å². The lowest BCUT2D eigenvalue weighted by Gasteiger charge is -2.04. The number of allylic oxidation sites excluding steroid dienone is 3. The van der Waals surface area contributed by atoms with Crippen molar-refractivity contribution in [3.05, 3.63) is 35.2 Å². The van der Waals surface area contributed by atoms with E-state index >= 15 is 0 Å². The summed E-state index contributed by atoms with van der Waals surface area (Å²) in [5.41, 5.74) is 1.51. The molecule has 12 heavy (non-hydrogen) atoms. The van der Waals surface area contributed by atoms with Gasteiger partial charge in [-0.15, -0.1) is 9.24 Å². The molecule has 0 aliphatic heterocycles. The first kappa shape index (κ1) is 11.6. The normalized spacial score (nSPS) is 14.3. The monoisotopic (exact) mass is 186 g/mol. The second-order valence-electron chi connectivity index (χ2n) is 2.21. The Morgan fingerprint density at radius 1 is 1.25 bits per heavy atom. The van der Waals surface area contributed by atoms with E-state index in [4.69, 9.17) is 10.2 Å². The van der Waals surface area contributed by atoms with Crippen LogP contribution in [0.5, 0.6) is 0 Å². The molecule has 3 heteroatoms. The Balaban J connectivity index is 4.53. The molecule has 0 radical (unpaired) electrons. The van der Waals surface area contributed by atoms with E-state index in [9.17, 15) is 0 Å². The van der Waals surface area contributed by atoms with Crippen LogP contribution >= 0.6 is 9.24 Å². The van der Waals surface area contributed by atoms with Gasteiger partial charge in [0.05, 0.1) is 13.2 Å². The van der Waals surface area contributed by atoms with E-state index < -0.39 is 0 Å². The van der Waals surface area contributed by atoms with E-state index in [1.54, 1.807) is 24.0 Å². The van der Waals surface area contributed by atoms with Crippen LogP contribution in [-0.4, -0.2) is 23.4 Å². The summed E-state index contributed by atoms with van der Waals surface area (Å²) < 4.78 is 0. The quantitative estimate of drug-likeness (QED) is 0.512. The van der Waals surface area contributed by atoms with E-state index in [2.05, 4.69) is 9.24 Å². The smallest absolute Gasteiger partial charge is 0.0685 e. The molecule has 0 aromatic carbocycles. The molecule has 0 bridgehead atoms. The fraction of sp³-hybridized carbons (Fsp3) is 0.333. The van der Waals surface area contributed by atoms with Crippen molar-refractivity contribution in [2.24, 2.45) is 0 Å². The number of hydrogen-bond acceptors (Lipinski definition) is 2. The molecule has 0 saturated heterocycles. The maximum Gasteiger partial charge on any atom is 0.0685 e. The molecule has 1 unspecified atom stereocenters. The Kier molecular flexibility index (Phi) is 6.97. The zero-order valence-electron chi connectivity index (χ0n) is 7.20. The molecule has 0 aliphatic carbocycles. The first-order valence-corrected chi connectivity index (χ1v) is 4.41. The van der Waals surface area contributed by atoms with Gasteiger partial charge >= 0.3 is 0 Å². The molecule has 2 N–H and O–H groups in total. The van der Waals surface area contributed by atoms with Crippen molar-refractivity contribution >= 4 is 9.24 Å². The lowest BCUT2D eigenvalue weighted by molar-refractivity contribution is 0.311. The standard InChI is InChI=1S/C9H15O2P/c1-2-8(6-10)9(7-11)4-3-5-12/h2-5,10-11H,6-7,12H2,1H3/b5-3+,8-2-,9-4-. The summed E-state index contributed by atoms with van der Waals surface area (Å²) in [6.07, 6.45) is 5.37. The van der Waals surface area contributed by atoms with Crippen molar-refractivity contribution in [1.82, 2.24) is 0 Å². The second-order valence-corrected chi connectivity index (χ2v) is 2.59. The minimum absolute atomic E-state index is 0.0341. The number of aliphatic hydroxyl groups excluding tert-OH is 2. The number of hydrogen-bond donors (Lipinski definition) is 2. The van der Waals surface area contributed by atoms with Crippen molar-refractivity contribution in [3.8, 4) is 0 Å². The third-order valence-electron chi connectivity index (χ3n) is 1.51. The fourth-order valence-electron chi connectivity index (χ4n) is 0.811. The molecule has 68 valence electrons. The zero-order valence-corrected chi connectivity index (χ0v) is 8.35. The first-order valence-electron chi connectivity index (χ1n) is 3.74. The van der Waals surface area contributed by atoms with E-state index in [0.717, 1.165) is 11.1 Å². The zero-order chi connectivity index (χ0) is 9.40. The van der Waals surface area contributed by atoms with E-state index in [1.165, 1.54) is 0 Å². The highest BCUT2D eigenvalue weighted by molar-refractivity contribution is 7.20. The van der Waals surface area contributed by atoms with Crippen LogP contribution in [-0.2, 0) is 0 Å². The average molecular weight is 186 g/mol. The molecule has 0 saturated carbocycles. The van der Waals surface area contributed by atoms with E-state index in [-0.39, 0.29) is 13.2 Å². The van der Waals surface area contributed by atoms with Gasteiger partial charge in [0.15, 0.2) is 0 Å². The van der Waals surface area contributed by atoms with Gasteiger partial charge in [-0.2, -0.15) is 0 Å². The van der Waals surface area contributed by atoms with Crippen LogP contribution in [0.4, 0.5) is 0 Å². The van der Waals surface area contributed by atoms with Gasteiger partial charge in [-0.3, -0.25) is 0 Å². The molecule has 0 spiro atoms. The lowest BCUT2D eigenvalue weighted by atomic mass is 10.1. The summed E-state index contributed by atoms with van der Waals surface area (Å²) in [7, 11) is 2.44. The third kappa shape index (κ3) is 3.82. The molecular formula is C9H15O2P. The summed E-state index contributed by atoms with van der Waals surface area (Å²) in [5, 5.41) is 17.8. The van der Waals surface area contributed by atoms with Gasteiger partial charge in [-0.1, -0.05) is 24.0 Å². The Morgan fingerprint density at radius 3 is 2.17 bits per heavy atom. The molecule has 0 fully saturated rings. The van der Waals surface area contributed by atoms with E-state index in [0.29, 0.717) is 0 Å². The minimum atomic E-state index is -0.0464. The first-order chi connectivity index (χ1) is 5.79. The number of rotatable bonds is 4. The van der Waals surface area contributed by atoms with Crippen LogP contribution < -0.4 is 0 Å². The molecular weight excluding hydrogens is 171 g/mol. The minimum Gasteiger partial charge on any atom is -0.392 e. The third-order valence-corrected chi connectivity index (χ3v) is 1.73. The predicted octanol–water partition coefficient (Wildman–Crippen LogP) is 1.23. The summed E-state index contributed by atoms with van der Waals surface area (Å²) >= 11 is 0. The molecule has 0 heterocycles. The lowest BCUT2D eigenvalue weighted by Crippen LogP contribution is -1.99. The van der Waals surface area contributed by atoms with Gasteiger partial charge in [-0.25, -0.2) is 0 Å². The Labute approximate surface area is 75.5 Å². The van der Waals surface area contributed by atoms with Crippen LogP contribution in [0, 0.1) is 0 Å². The van der Waals surface area contributed by atoms with Crippen molar-refractivity contribution in [3.63, 3.8) is 0 Å². The van der Waals surface area contributed by atoms with Crippen molar-refractivity contribution in [2.45, 2.75) is 6.92 Å². The van der Waals surface area contributed by atoms with Gasteiger partial charge in [-0.05, 0) is 18.1 Å². The second kappa shape index (κ2) is 7.23. The summed E-state index contributed by atoms with van der Waals surface area (Å²) in [6, 6.07) is 0. The summed E-state index contributed by atoms with van der Waals surface area (Å²) in [5.74, 6) is 1.79. The van der Waals surface area contributed by atoms with Gasteiger partial charge in [0, 0.05) is 0 Å². The molecule has 0 rings (SSSR count).